The average Bonchev–Trinajstić information content (AvgIpc) is 1.82. The minimum Gasteiger partial charge on any atom is -0.127 e. The summed E-state index contributed by atoms with van der Waals surface area (Å²) in [6.07, 6.45) is 2.13. The van der Waals surface area contributed by atoms with Crippen molar-refractivity contribution in [1.29, 1.82) is 0 Å². The highest BCUT2D eigenvalue weighted by molar-refractivity contribution is 6.83. The summed E-state index contributed by atoms with van der Waals surface area (Å²) < 4.78 is 0. The minimum absolute atomic E-state index is 0.196. The van der Waals surface area contributed by atoms with Crippen LogP contribution in [0.15, 0.2) is 11.6 Å². The molecule has 13 heavy (non-hydrogen) atoms. The third-order valence-electron chi connectivity index (χ3n) is 1.67. The van der Waals surface area contributed by atoms with Gasteiger partial charge in [-0.05, 0) is 12.3 Å². The summed E-state index contributed by atoms with van der Waals surface area (Å²) in [5.74, 6) is 3.32. The first-order chi connectivity index (χ1) is 5.67. The summed E-state index contributed by atoms with van der Waals surface area (Å²) in [6.45, 7) is 15.5. The highest BCUT2D eigenvalue weighted by Gasteiger charge is 2.15. The van der Waals surface area contributed by atoms with Gasteiger partial charge in [0.25, 0.3) is 0 Å². The molecule has 74 valence electrons. The van der Waals surface area contributed by atoms with Gasteiger partial charge in [0.2, 0.25) is 0 Å². The lowest BCUT2D eigenvalue weighted by molar-refractivity contribution is 0.520. The third-order valence-corrected chi connectivity index (χ3v) is 2.54. The van der Waals surface area contributed by atoms with E-state index in [0.29, 0.717) is 0 Å². The highest BCUT2D eigenvalue weighted by Crippen LogP contribution is 2.24. The van der Waals surface area contributed by atoms with Gasteiger partial charge in [0.15, 0.2) is 0 Å². The largest absolute Gasteiger partial charge is 0.129 e. The summed E-state index contributed by atoms with van der Waals surface area (Å²) in [7, 11) is -1.22. The second-order valence-corrected chi connectivity index (χ2v) is 10.2. The van der Waals surface area contributed by atoms with Crippen molar-refractivity contribution in [2.75, 3.05) is 0 Å². The first-order valence-corrected chi connectivity index (χ1v) is 8.37. The molecule has 0 bridgehead atoms. The molecule has 1 heteroatoms. The van der Waals surface area contributed by atoms with E-state index in [1.165, 1.54) is 5.57 Å². The van der Waals surface area contributed by atoms with Crippen LogP contribution in [0.3, 0.4) is 0 Å². The Morgan fingerprint density at radius 1 is 1.15 bits per heavy atom. The number of allylic oxidation sites excluding steroid dienone is 2. The van der Waals surface area contributed by atoms with Gasteiger partial charge in [0, 0.05) is 5.57 Å². The summed E-state index contributed by atoms with van der Waals surface area (Å²) in [6, 6.07) is 0. The maximum atomic E-state index is 3.40. The van der Waals surface area contributed by atoms with Crippen LogP contribution < -0.4 is 0 Å². The van der Waals surface area contributed by atoms with Crippen LogP contribution >= 0.6 is 0 Å². The maximum Gasteiger partial charge on any atom is 0.129 e. The van der Waals surface area contributed by atoms with Crippen LogP contribution in [0.25, 0.3) is 0 Å². The zero-order chi connectivity index (χ0) is 10.7. The fourth-order valence-electron chi connectivity index (χ4n) is 0.948. The van der Waals surface area contributed by atoms with Crippen LogP contribution in [0.4, 0.5) is 0 Å². The van der Waals surface area contributed by atoms with Crippen molar-refractivity contribution in [3.8, 4) is 11.5 Å². The standard InChI is InChI=1S/C12H22Si/c1-8-11(12(2,3)4)9-10-13(5,6)7/h8H,1-7H3/b11-8-. The Hall–Kier alpha value is -0.483. The normalized spacial score (nSPS) is 13.6. The van der Waals surface area contributed by atoms with Crippen LogP contribution in [0.2, 0.25) is 19.6 Å². The summed E-state index contributed by atoms with van der Waals surface area (Å²) in [4.78, 5) is 0. The van der Waals surface area contributed by atoms with Gasteiger partial charge in [-0.15, -0.1) is 5.54 Å². The second kappa shape index (κ2) is 4.15. The Balaban J connectivity index is 4.76. The lowest BCUT2D eigenvalue weighted by atomic mass is 9.87. The summed E-state index contributed by atoms with van der Waals surface area (Å²) >= 11 is 0. The molecule has 0 saturated carbocycles. The van der Waals surface area contributed by atoms with Gasteiger partial charge in [0.1, 0.15) is 8.07 Å². The Morgan fingerprint density at radius 3 is 1.85 bits per heavy atom. The number of hydrogen-bond acceptors (Lipinski definition) is 0. The molecule has 0 rings (SSSR count). The lowest BCUT2D eigenvalue weighted by Gasteiger charge is -2.18. The molecule has 0 saturated heterocycles. The van der Waals surface area contributed by atoms with Gasteiger partial charge in [-0.2, -0.15) is 0 Å². The van der Waals surface area contributed by atoms with E-state index in [0.717, 1.165) is 0 Å². The monoisotopic (exact) mass is 194 g/mol. The van der Waals surface area contributed by atoms with E-state index >= 15 is 0 Å². The van der Waals surface area contributed by atoms with Gasteiger partial charge in [-0.3, -0.25) is 0 Å². The smallest absolute Gasteiger partial charge is 0.127 e. The van der Waals surface area contributed by atoms with Crippen molar-refractivity contribution in [3.05, 3.63) is 11.6 Å². The molecule has 0 aliphatic heterocycles. The molecule has 0 aliphatic rings. The molecule has 0 aromatic rings. The molecule has 0 amide bonds. The molecule has 0 fully saturated rings. The zero-order valence-corrected chi connectivity index (χ0v) is 11.1. The SMILES string of the molecule is C/C=C(/C#C[Si](C)(C)C)C(C)(C)C. The fraction of sp³-hybridized carbons (Fsp3) is 0.667. The fourth-order valence-corrected chi connectivity index (χ4v) is 1.46. The predicted octanol–water partition coefficient (Wildman–Crippen LogP) is 3.86. The van der Waals surface area contributed by atoms with Crippen molar-refractivity contribution in [3.63, 3.8) is 0 Å². The zero-order valence-electron chi connectivity index (χ0n) is 10.1. The molecule has 0 nitrogen and oxygen atoms in total. The average molecular weight is 194 g/mol. The third kappa shape index (κ3) is 5.71. The first kappa shape index (κ1) is 12.5. The van der Waals surface area contributed by atoms with Crippen molar-refractivity contribution in [1.82, 2.24) is 0 Å². The van der Waals surface area contributed by atoms with Gasteiger partial charge in [-0.25, -0.2) is 0 Å². The Kier molecular flexibility index (Phi) is 4.00. The Morgan fingerprint density at radius 2 is 1.62 bits per heavy atom. The van der Waals surface area contributed by atoms with Crippen molar-refractivity contribution in [2.24, 2.45) is 5.41 Å². The highest BCUT2D eigenvalue weighted by atomic mass is 28.3. The van der Waals surface area contributed by atoms with Crippen LogP contribution in [0, 0.1) is 16.9 Å². The quantitative estimate of drug-likeness (QED) is 0.406. The molecule has 0 aromatic carbocycles. The topological polar surface area (TPSA) is 0 Å². The molecule has 0 N–H and O–H groups in total. The molecule has 0 aromatic heterocycles. The van der Waals surface area contributed by atoms with E-state index in [9.17, 15) is 0 Å². The lowest BCUT2D eigenvalue weighted by Crippen LogP contribution is -2.17. The van der Waals surface area contributed by atoms with E-state index in [1.54, 1.807) is 0 Å². The van der Waals surface area contributed by atoms with Gasteiger partial charge in [-0.1, -0.05) is 52.4 Å². The molecule has 0 spiro atoms. The van der Waals surface area contributed by atoms with E-state index in [4.69, 9.17) is 0 Å². The molecule has 0 unspecified atom stereocenters. The summed E-state index contributed by atoms with van der Waals surface area (Å²) in [5.41, 5.74) is 4.86. The van der Waals surface area contributed by atoms with Gasteiger partial charge < -0.3 is 0 Å². The van der Waals surface area contributed by atoms with Crippen LogP contribution in [0.1, 0.15) is 27.7 Å². The first-order valence-electron chi connectivity index (χ1n) is 4.87. The van der Waals surface area contributed by atoms with E-state index < -0.39 is 8.07 Å². The molecular formula is C12H22Si. The minimum atomic E-state index is -1.22. The molecule has 0 aliphatic carbocycles. The number of hydrogen-bond donors (Lipinski definition) is 0. The Labute approximate surface area is 84.4 Å². The van der Waals surface area contributed by atoms with Crippen molar-refractivity contribution < 1.29 is 0 Å². The predicted molar refractivity (Wildman–Crippen MR) is 64.3 cm³/mol. The van der Waals surface area contributed by atoms with E-state index in [2.05, 4.69) is 64.9 Å². The molecule has 0 heterocycles. The summed E-state index contributed by atoms with van der Waals surface area (Å²) in [5, 5.41) is 0. The maximum absolute atomic E-state index is 3.40. The van der Waals surface area contributed by atoms with Crippen molar-refractivity contribution in [2.45, 2.75) is 47.3 Å². The second-order valence-electron chi connectivity index (χ2n) is 5.45. The van der Waals surface area contributed by atoms with E-state index in [-0.39, 0.29) is 5.41 Å². The van der Waals surface area contributed by atoms with Crippen LogP contribution in [-0.4, -0.2) is 8.07 Å². The number of rotatable bonds is 0. The van der Waals surface area contributed by atoms with E-state index in [1.807, 2.05) is 0 Å². The van der Waals surface area contributed by atoms with Gasteiger partial charge in [0.05, 0.1) is 0 Å². The van der Waals surface area contributed by atoms with Crippen molar-refractivity contribution >= 4 is 8.07 Å². The van der Waals surface area contributed by atoms with Crippen LogP contribution in [-0.2, 0) is 0 Å². The van der Waals surface area contributed by atoms with Gasteiger partial charge >= 0.3 is 0 Å². The Bertz CT molecular complexity index is 248. The molecule has 0 atom stereocenters. The molecular weight excluding hydrogens is 172 g/mol. The van der Waals surface area contributed by atoms with Crippen LogP contribution in [0.5, 0.6) is 0 Å². The molecule has 0 radical (unpaired) electrons.